The van der Waals surface area contributed by atoms with Crippen molar-refractivity contribution in [2.75, 3.05) is 13.2 Å². The van der Waals surface area contributed by atoms with Crippen LogP contribution in [0.3, 0.4) is 0 Å². The lowest BCUT2D eigenvalue weighted by atomic mass is 10.1. The third kappa shape index (κ3) is 8.89. The number of ether oxygens (including phenoxy) is 2. The van der Waals surface area contributed by atoms with Gasteiger partial charge in [0, 0.05) is 23.2 Å². The predicted molar refractivity (Wildman–Crippen MR) is 140 cm³/mol. The highest BCUT2D eigenvalue weighted by atomic mass is 79.9. The average Bonchev–Trinajstić information content (AvgIpc) is 2.73. The van der Waals surface area contributed by atoms with Crippen LogP contribution in [0, 0.1) is 5.41 Å². The van der Waals surface area contributed by atoms with Crippen molar-refractivity contribution in [2.24, 2.45) is 5.73 Å². The molecule has 0 fully saturated rings. The van der Waals surface area contributed by atoms with Crippen molar-refractivity contribution in [3.8, 4) is 11.5 Å². The highest BCUT2D eigenvalue weighted by Gasteiger charge is 2.22. The summed E-state index contributed by atoms with van der Waals surface area (Å²) in [4.78, 5) is 14.7. The van der Waals surface area contributed by atoms with E-state index >= 15 is 0 Å². The molecule has 0 aliphatic heterocycles. The standard InChI is InChI=1S/C25H34BrN3O3.ClH/c1-17(2)29(18(3)4)25(30)20-10-13-23(22(26)16-20)32-15-7-5-6-14-31-21-11-8-19(9-12-21)24(27)28;/h8-13,16-18H,5-7,14-15H2,1-4H3,(H3,27,28);1H. The number of nitrogens with two attached hydrogens (primary N) is 1. The first kappa shape index (κ1) is 28.8. The Labute approximate surface area is 211 Å². The Morgan fingerprint density at radius 3 is 2.00 bits per heavy atom. The second kappa shape index (κ2) is 14.1. The minimum atomic E-state index is 0. The second-order valence-corrected chi connectivity index (χ2v) is 9.10. The van der Waals surface area contributed by atoms with Crippen LogP contribution in [0.5, 0.6) is 11.5 Å². The number of rotatable bonds is 12. The van der Waals surface area contributed by atoms with E-state index in [1.807, 2.05) is 62.9 Å². The number of hydrogen-bond acceptors (Lipinski definition) is 4. The van der Waals surface area contributed by atoms with Crippen molar-refractivity contribution in [1.29, 1.82) is 5.41 Å². The van der Waals surface area contributed by atoms with E-state index in [-0.39, 0.29) is 36.2 Å². The maximum absolute atomic E-state index is 12.8. The summed E-state index contributed by atoms with van der Waals surface area (Å²) in [6, 6.07) is 13.0. The molecular weight excluding hydrogens is 506 g/mol. The first-order chi connectivity index (χ1) is 15.2. The average molecular weight is 541 g/mol. The van der Waals surface area contributed by atoms with E-state index in [0.717, 1.165) is 35.2 Å². The van der Waals surface area contributed by atoms with Crippen molar-refractivity contribution in [2.45, 2.75) is 59.0 Å². The molecule has 2 aromatic carbocycles. The van der Waals surface area contributed by atoms with Gasteiger partial charge in [-0.05, 0) is 105 Å². The summed E-state index contributed by atoms with van der Waals surface area (Å²) < 4.78 is 12.4. The minimum Gasteiger partial charge on any atom is -0.494 e. The zero-order valence-electron chi connectivity index (χ0n) is 19.8. The summed E-state index contributed by atoms with van der Waals surface area (Å²) in [5.74, 6) is 1.60. The number of halogens is 2. The molecule has 0 saturated carbocycles. The van der Waals surface area contributed by atoms with Gasteiger partial charge >= 0.3 is 0 Å². The molecule has 0 spiro atoms. The first-order valence-corrected chi connectivity index (χ1v) is 11.8. The second-order valence-electron chi connectivity index (χ2n) is 8.24. The van der Waals surface area contributed by atoms with Crippen LogP contribution in [0.25, 0.3) is 0 Å². The Hall–Kier alpha value is -2.25. The van der Waals surface area contributed by atoms with Gasteiger partial charge in [-0.2, -0.15) is 0 Å². The molecule has 0 aliphatic rings. The van der Waals surface area contributed by atoms with Crippen molar-refractivity contribution in [3.63, 3.8) is 0 Å². The molecule has 2 aromatic rings. The van der Waals surface area contributed by atoms with Crippen molar-refractivity contribution >= 4 is 40.1 Å². The van der Waals surface area contributed by atoms with E-state index < -0.39 is 0 Å². The molecule has 2 rings (SSSR count). The summed E-state index contributed by atoms with van der Waals surface area (Å²) >= 11 is 3.54. The molecule has 0 unspecified atom stereocenters. The van der Waals surface area contributed by atoms with Crippen molar-refractivity contribution in [3.05, 3.63) is 58.1 Å². The third-order valence-electron chi connectivity index (χ3n) is 5.01. The molecule has 1 amide bonds. The van der Waals surface area contributed by atoms with Crippen LogP contribution in [0.4, 0.5) is 0 Å². The molecule has 3 N–H and O–H groups in total. The number of carbonyl (C=O) groups is 1. The van der Waals surface area contributed by atoms with E-state index in [2.05, 4.69) is 15.9 Å². The molecule has 0 bridgehead atoms. The molecule has 0 radical (unpaired) electrons. The van der Waals surface area contributed by atoms with E-state index in [1.54, 1.807) is 12.1 Å². The fourth-order valence-electron chi connectivity index (χ4n) is 3.45. The number of benzene rings is 2. The smallest absolute Gasteiger partial charge is 0.254 e. The zero-order chi connectivity index (χ0) is 23.7. The van der Waals surface area contributed by atoms with Crippen molar-refractivity contribution in [1.82, 2.24) is 4.90 Å². The lowest BCUT2D eigenvalue weighted by Crippen LogP contribution is -2.42. The summed E-state index contributed by atoms with van der Waals surface area (Å²) in [6.45, 7) is 9.34. The zero-order valence-corrected chi connectivity index (χ0v) is 22.2. The predicted octanol–water partition coefficient (Wildman–Crippen LogP) is 6.04. The Balaban J connectivity index is 0.00000544. The van der Waals surface area contributed by atoms with Gasteiger partial charge < -0.3 is 20.1 Å². The molecule has 0 heterocycles. The lowest BCUT2D eigenvalue weighted by molar-refractivity contribution is 0.0643. The SMILES string of the molecule is CC(C)N(C(=O)c1ccc(OCCCCCOc2ccc(C(=N)N)cc2)c(Br)c1)C(C)C.Cl. The summed E-state index contributed by atoms with van der Waals surface area (Å²) in [5.41, 5.74) is 6.79. The molecule has 0 saturated heterocycles. The third-order valence-corrected chi connectivity index (χ3v) is 5.63. The number of amides is 1. The summed E-state index contributed by atoms with van der Waals surface area (Å²) in [7, 11) is 0. The van der Waals surface area contributed by atoms with Gasteiger partial charge in [0.1, 0.15) is 17.3 Å². The number of nitrogens with zero attached hydrogens (tertiary/aromatic N) is 1. The normalized spacial score (nSPS) is 10.6. The largest absolute Gasteiger partial charge is 0.494 e. The van der Waals surface area contributed by atoms with Gasteiger partial charge in [0.2, 0.25) is 0 Å². The molecule has 0 atom stereocenters. The van der Waals surface area contributed by atoms with Crippen LogP contribution >= 0.6 is 28.3 Å². The molecule has 0 aromatic heterocycles. The maximum atomic E-state index is 12.8. The van der Waals surface area contributed by atoms with Gasteiger partial charge in [-0.25, -0.2) is 0 Å². The van der Waals surface area contributed by atoms with E-state index in [4.69, 9.17) is 20.6 Å². The van der Waals surface area contributed by atoms with Crippen molar-refractivity contribution < 1.29 is 14.3 Å². The van der Waals surface area contributed by atoms with Crippen LogP contribution in [0.2, 0.25) is 0 Å². The molecule has 8 heteroatoms. The van der Waals surface area contributed by atoms with Gasteiger partial charge in [-0.15, -0.1) is 12.4 Å². The summed E-state index contributed by atoms with van der Waals surface area (Å²) in [6.07, 6.45) is 2.82. The molecular formula is C25H35BrClN3O3. The molecule has 33 heavy (non-hydrogen) atoms. The van der Waals surface area contributed by atoms with Crippen LogP contribution < -0.4 is 15.2 Å². The van der Waals surface area contributed by atoms with Gasteiger partial charge in [0.15, 0.2) is 0 Å². The quantitative estimate of drug-likeness (QED) is 0.195. The number of hydrogen-bond donors (Lipinski definition) is 2. The number of nitrogens with one attached hydrogen (secondary N) is 1. The van der Waals surface area contributed by atoms with E-state index in [0.29, 0.717) is 24.3 Å². The number of nitrogen functional groups attached to an aromatic ring is 1. The van der Waals surface area contributed by atoms with Gasteiger partial charge in [0.05, 0.1) is 17.7 Å². The maximum Gasteiger partial charge on any atom is 0.254 e. The first-order valence-electron chi connectivity index (χ1n) is 11.0. The fraction of sp³-hybridized carbons (Fsp3) is 0.440. The Bertz CT molecular complexity index is 896. The molecule has 0 aliphatic carbocycles. The Morgan fingerprint density at radius 1 is 0.939 bits per heavy atom. The van der Waals surface area contributed by atoms with Gasteiger partial charge in [-0.3, -0.25) is 10.2 Å². The van der Waals surface area contributed by atoms with Gasteiger partial charge in [-0.1, -0.05) is 0 Å². The lowest BCUT2D eigenvalue weighted by Gasteiger charge is -2.31. The van der Waals surface area contributed by atoms with E-state index in [1.165, 1.54) is 0 Å². The van der Waals surface area contributed by atoms with Crippen LogP contribution in [0.1, 0.15) is 62.9 Å². The number of unbranched alkanes of at least 4 members (excludes halogenated alkanes) is 2. The summed E-state index contributed by atoms with van der Waals surface area (Å²) in [5, 5.41) is 7.40. The Kier molecular flexibility index (Phi) is 12.3. The molecule has 182 valence electrons. The van der Waals surface area contributed by atoms with Crippen LogP contribution in [0.15, 0.2) is 46.9 Å². The van der Waals surface area contributed by atoms with Crippen LogP contribution in [-0.4, -0.2) is 41.9 Å². The highest BCUT2D eigenvalue weighted by Crippen LogP contribution is 2.27. The highest BCUT2D eigenvalue weighted by molar-refractivity contribution is 9.10. The number of carbonyl (C=O) groups excluding carboxylic acids is 1. The fourth-order valence-corrected chi connectivity index (χ4v) is 3.94. The molecule has 6 nitrogen and oxygen atoms in total. The Morgan fingerprint density at radius 2 is 1.48 bits per heavy atom. The van der Waals surface area contributed by atoms with Gasteiger partial charge in [0.25, 0.3) is 5.91 Å². The number of amidine groups is 1. The monoisotopic (exact) mass is 539 g/mol. The minimum absolute atomic E-state index is 0. The van der Waals surface area contributed by atoms with E-state index in [9.17, 15) is 4.79 Å². The topological polar surface area (TPSA) is 88.6 Å². The van der Waals surface area contributed by atoms with Crippen LogP contribution in [-0.2, 0) is 0 Å².